The number of nitrogens with one attached hydrogen (secondary N) is 1. The van der Waals surface area contributed by atoms with Gasteiger partial charge in [-0.2, -0.15) is 0 Å². The van der Waals surface area contributed by atoms with Gasteiger partial charge in [0.2, 0.25) is 5.91 Å². The average molecular weight is 307 g/mol. The van der Waals surface area contributed by atoms with Crippen molar-refractivity contribution in [1.82, 2.24) is 0 Å². The van der Waals surface area contributed by atoms with E-state index < -0.39 is 11.9 Å². The van der Waals surface area contributed by atoms with Crippen LogP contribution in [0.15, 0.2) is 18.2 Å². The molecule has 1 aromatic carbocycles. The molecule has 1 aromatic rings. The SMILES string of the molecule is CCCC(CCC)C(=O)Nc1cc(C(=O)O)cc(C(=O)O)c1. The molecule has 0 radical (unpaired) electrons. The van der Waals surface area contributed by atoms with Crippen molar-refractivity contribution in [3.63, 3.8) is 0 Å². The highest BCUT2D eigenvalue weighted by atomic mass is 16.4. The number of carbonyl (C=O) groups excluding carboxylic acids is 1. The standard InChI is InChI=1S/C16H21NO5/c1-3-5-10(6-4-2)14(18)17-13-8-11(15(19)20)7-12(9-13)16(21)22/h7-10H,3-6H2,1-2H3,(H,17,18)(H,19,20)(H,21,22). The molecule has 6 heteroatoms. The summed E-state index contributed by atoms with van der Waals surface area (Å²) < 4.78 is 0. The van der Waals surface area contributed by atoms with Gasteiger partial charge >= 0.3 is 11.9 Å². The third-order valence-corrected chi connectivity index (χ3v) is 3.34. The Morgan fingerprint density at radius 2 is 1.41 bits per heavy atom. The fraction of sp³-hybridized carbons (Fsp3) is 0.438. The summed E-state index contributed by atoms with van der Waals surface area (Å²) in [4.78, 5) is 34.3. The lowest BCUT2D eigenvalue weighted by atomic mass is 9.97. The maximum atomic E-state index is 12.2. The molecule has 0 atom stereocenters. The predicted molar refractivity (Wildman–Crippen MR) is 82.3 cm³/mol. The van der Waals surface area contributed by atoms with E-state index in [1.807, 2.05) is 13.8 Å². The van der Waals surface area contributed by atoms with Crippen LogP contribution in [0, 0.1) is 5.92 Å². The molecule has 22 heavy (non-hydrogen) atoms. The second-order valence-electron chi connectivity index (χ2n) is 5.17. The molecule has 120 valence electrons. The van der Waals surface area contributed by atoms with Gasteiger partial charge < -0.3 is 15.5 Å². The number of amides is 1. The molecule has 6 nitrogen and oxygen atoms in total. The van der Waals surface area contributed by atoms with E-state index in [1.165, 1.54) is 12.1 Å². The number of carbonyl (C=O) groups is 3. The van der Waals surface area contributed by atoms with Crippen molar-refractivity contribution in [3.05, 3.63) is 29.3 Å². The minimum Gasteiger partial charge on any atom is -0.478 e. The number of carboxylic acid groups (broad SMARTS) is 2. The lowest BCUT2D eigenvalue weighted by Gasteiger charge is -2.15. The van der Waals surface area contributed by atoms with E-state index >= 15 is 0 Å². The van der Waals surface area contributed by atoms with Gasteiger partial charge in [-0.05, 0) is 31.0 Å². The number of rotatable bonds is 8. The van der Waals surface area contributed by atoms with Gasteiger partial charge in [0.15, 0.2) is 0 Å². The number of carboxylic acids is 2. The zero-order valence-corrected chi connectivity index (χ0v) is 12.8. The zero-order chi connectivity index (χ0) is 16.7. The van der Waals surface area contributed by atoms with Crippen LogP contribution >= 0.6 is 0 Å². The summed E-state index contributed by atoms with van der Waals surface area (Å²) in [6.07, 6.45) is 3.22. The van der Waals surface area contributed by atoms with Gasteiger partial charge in [-0.25, -0.2) is 9.59 Å². The molecular formula is C16H21NO5. The normalized spacial score (nSPS) is 10.5. The molecule has 3 N–H and O–H groups in total. The third-order valence-electron chi connectivity index (χ3n) is 3.34. The summed E-state index contributed by atoms with van der Waals surface area (Å²) >= 11 is 0. The van der Waals surface area contributed by atoms with E-state index in [4.69, 9.17) is 10.2 Å². The maximum absolute atomic E-state index is 12.2. The molecule has 0 fully saturated rings. The van der Waals surface area contributed by atoms with Crippen LogP contribution in [0.3, 0.4) is 0 Å². The Morgan fingerprint density at radius 1 is 0.955 bits per heavy atom. The average Bonchev–Trinajstić information content (AvgIpc) is 2.46. The number of hydrogen-bond donors (Lipinski definition) is 3. The topological polar surface area (TPSA) is 104 Å². The van der Waals surface area contributed by atoms with Crippen molar-refractivity contribution in [2.75, 3.05) is 5.32 Å². The van der Waals surface area contributed by atoms with Gasteiger partial charge in [0.05, 0.1) is 11.1 Å². The van der Waals surface area contributed by atoms with Crippen molar-refractivity contribution in [3.8, 4) is 0 Å². The van der Waals surface area contributed by atoms with Crippen LogP contribution in [-0.2, 0) is 4.79 Å². The Bertz CT molecular complexity index is 529. The Morgan fingerprint density at radius 3 is 1.77 bits per heavy atom. The second-order valence-corrected chi connectivity index (χ2v) is 5.17. The molecular weight excluding hydrogens is 286 g/mol. The first-order valence-corrected chi connectivity index (χ1v) is 7.31. The van der Waals surface area contributed by atoms with E-state index in [9.17, 15) is 14.4 Å². The summed E-state index contributed by atoms with van der Waals surface area (Å²) in [6, 6.07) is 3.60. The van der Waals surface area contributed by atoms with Crippen molar-refractivity contribution >= 4 is 23.5 Å². The first-order chi connectivity index (χ1) is 10.4. The summed E-state index contributed by atoms with van der Waals surface area (Å²) in [7, 11) is 0. The molecule has 0 bridgehead atoms. The first-order valence-electron chi connectivity index (χ1n) is 7.31. The molecule has 0 spiro atoms. The summed E-state index contributed by atoms with van der Waals surface area (Å²) in [5.41, 5.74) is -0.144. The Balaban J connectivity index is 3.02. The number of benzene rings is 1. The molecule has 0 heterocycles. The summed E-state index contributed by atoms with van der Waals surface area (Å²) in [5, 5.41) is 20.7. The van der Waals surface area contributed by atoms with Gasteiger partial charge in [0.1, 0.15) is 0 Å². The van der Waals surface area contributed by atoms with Gasteiger partial charge in [-0.1, -0.05) is 26.7 Å². The smallest absolute Gasteiger partial charge is 0.335 e. The van der Waals surface area contributed by atoms with Crippen LogP contribution in [0.4, 0.5) is 5.69 Å². The van der Waals surface area contributed by atoms with E-state index in [1.54, 1.807) is 0 Å². The Kier molecular flexibility index (Phi) is 6.56. The minimum atomic E-state index is -1.24. The van der Waals surface area contributed by atoms with Gasteiger partial charge in [-0.3, -0.25) is 4.79 Å². The summed E-state index contributed by atoms with van der Waals surface area (Å²) in [6.45, 7) is 3.98. The molecule has 0 aromatic heterocycles. The highest BCUT2D eigenvalue weighted by Crippen LogP contribution is 2.19. The molecule has 0 saturated carbocycles. The molecule has 0 aliphatic carbocycles. The number of anilines is 1. The molecule has 0 aliphatic rings. The van der Waals surface area contributed by atoms with Crippen LogP contribution in [0.5, 0.6) is 0 Å². The minimum absolute atomic E-state index is 0.156. The highest BCUT2D eigenvalue weighted by molar-refractivity contribution is 5.99. The fourth-order valence-corrected chi connectivity index (χ4v) is 2.29. The maximum Gasteiger partial charge on any atom is 0.335 e. The lowest BCUT2D eigenvalue weighted by Crippen LogP contribution is -2.23. The zero-order valence-electron chi connectivity index (χ0n) is 12.8. The van der Waals surface area contributed by atoms with E-state index in [0.717, 1.165) is 31.7 Å². The van der Waals surface area contributed by atoms with Crippen molar-refractivity contribution in [2.45, 2.75) is 39.5 Å². The Hall–Kier alpha value is -2.37. The second kappa shape index (κ2) is 8.17. The van der Waals surface area contributed by atoms with Crippen molar-refractivity contribution in [2.24, 2.45) is 5.92 Å². The summed E-state index contributed by atoms with van der Waals surface area (Å²) in [5.74, 6) is -2.84. The van der Waals surface area contributed by atoms with Crippen LogP contribution < -0.4 is 5.32 Å². The van der Waals surface area contributed by atoms with E-state index in [2.05, 4.69) is 5.32 Å². The molecule has 1 rings (SSSR count). The van der Waals surface area contributed by atoms with Crippen LogP contribution in [0.25, 0.3) is 0 Å². The highest BCUT2D eigenvalue weighted by Gasteiger charge is 2.18. The monoisotopic (exact) mass is 307 g/mol. The Labute approximate surface area is 129 Å². The molecule has 1 amide bonds. The molecule has 0 saturated heterocycles. The number of aromatic carboxylic acids is 2. The lowest BCUT2D eigenvalue weighted by molar-refractivity contribution is -0.120. The van der Waals surface area contributed by atoms with Crippen LogP contribution in [0.1, 0.15) is 60.2 Å². The van der Waals surface area contributed by atoms with Crippen molar-refractivity contribution < 1.29 is 24.6 Å². The van der Waals surface area contributed by atoms with Crippen molar-refractivity contribution in [1.29, 1.82) is 0 Å². The molecule has 0 aliphatic heterocycles. The van der Waals surface area contributed by atoms with E-state index in [-0.39, 0.29) is 28.6 Å². The van der Waals surface area contributed by atoms with E-state index in [0.29, 0.717) is 0 Å². The third kappa shape index (κ3) is 4.87. The first kappa shape index (κ1) is 17.7. The molecule has 0 unspecified atom stereocenters. The quantitative estimate of drug-likeness (QED) is 0.684. The van der Waals surface area contributed by atoms with Crippen LogP contribution in [0.2, 0.25) is 0 Å². The van der Waals surface area contributed by atoms with Gasteiger partial charge in [-0.15, -0.1) is 0 Å². The van der Waals surface area contributed by atoms with Crippen LogP contribution in [-0.4, -0.2) is 28.1 Å². The largest absolute Gasteiger partial charge is 0.478 e. The van der Waals surface area contributed by atoms with Gasteiger partial charge in [0, 0.05) is 11.6 Å². The van der Waals surface area contributed by atoms with Gasteiger partial charge in [0.25, 0.3) is 0 Å². The fourth-order valence-electron chi connectivity index (χ4n) is 2.29. The predicted octanol–water partition coefficient (Wildman–Crippen LogP) is 3.24. The number of hydrogen-bond acceptors (Lipinski definition) is 3.